The van der Waals surface area contributed by atoms with Gasteiger partial charge in [-0.2, -0.15) is 0 Å². The van der Waals surface area contributed by atoms with E-state index in [0.717, 1.165) is 30.7 Å². The lowest BCUT2D eigenvalue weighted by Crippen LogP contribution is -2.49. The summed E-state index contributed by atoms with van der Waals surface area (Å²) in [6, 6.07) is 2.74. The molecule has 1 aromatic rings. The Morgan fingerprint density at radius 1 is 1.41 bits per heavy atom. The fourth-order valence-electron chi connectivity index (χ4n) is 2.38. The summed E-state index contributed by atoms with van der Waals surface area (Å²) in [6.45, 7) is 6.30. The largest absolute Gasteiger partial charge is 0.458 e. The van der Waals surface area contributed by atoms with Crippen molar-refractivity contribution in [2.75, 3.05) is 6.54 Å². The van der Waals surface area contributed by atoms with E-state index in [-0.39, 0.29) is 11.9 Å². The van der Waals surface area contributed by atoms with E-state index in [1.54, 1.807) is 0 Å². The summed E-state index contributed by atoms with van der Waals surface area (Å²) >= 11 is 1.44. The molecule has 2 atom stereocenters. The number of thiophene rings is 1. The molecule has 5 nitrogen and oxygen atoms in total. The lowest BCUT2D eigenvalue weighted by molar-refractivity contribution is -0.159. The third kappa shape index (κ3) is 4.81. The summed E-state index contributed by atoms with van der Waals surface area (Å²) < 4.78 is 5.44. The monoisotopic (exact) mass is 324 g/mol. The minimum absolute atomic E-state index is 0.135. The fraction of sp³-hybridized carbons (Fsp3) is 0.625. The van der Waals surface area contributed by atoms with Crippen LogP contribution in [0.25, 0.3) is 0 Å². The molecular formula is C16H24N2O3S. The van der Waals surface area contributed by atoms with E-state index in [2.05, 4.69) is 10.6 Å². The van der Waals surface area contributed by atoms with Crippen LogP contribution in [-0.4, -0.2) is 30.1 Å². The Kier molecular flexibility index (Phi) is 5.58. The normalized spacial score (nSPS) is 20.2. The highest BCUT2D eigenvalue weighted by atomic mass is 32.1. The second kappa shape index (κ2) is 7.24. The first-order valence-electron chi connectivity index (χ1n) is 7.67. The first-order valence-corrected chi connectivity index (χ1v) is 8.55. The first kappa shape index (κ1) is 17.0. The minimum Gasteiger partial charge on any atom is -0.458 e. The van der Waals surface area contributed by atoms with Gasteiger partial charge in [0.15, 0.2) is 6.04 Å². The zero-order valence-electron chi connectivity index (χ0n) is 13.3. The standard InChI is InChI=1S/C16H24N2O3S/c1-16(2,3)21-15(20)13(12-8-6-10-22-12)18-14(19)11-7-4-5-9-17-11/h6,8,10-11,13,17H,4-5,7,9H2,1-3H3,(H,18,19)/t11-,13-/m0/s1. The molecule has 6 heteroatoms. The number of piperidine rings is 1. The van der Waals surface area contributed by atoms with Crippen molar-refractivity contribution in [1.82, 2.24) is 10.6 Å². The maximum atomic E-state index is 12.4. The quantitative estimate of drug-likeness (QED) is 0.835. The molecule has 1 saturated heterocycles. The van der Waals surface area contributed by atoms with Gasteiger partial charge in [0.05, 0.1) is 6.04 Å². The predicted molar refractivity (Wildman–Crippen MR) is 86.7 cm³/mol. The van der Waals surface area contributed by atoms with Crippen LogP contribution in [0.3, 0.4) is 0 Å². The molecule has 2 heterocycles. The van der Waals surface area contributed by atoms with Crippen LogP contribution in [0, 0.1) is 0 Å². The molecule has 0 aromatic carbocycles. The molecule has 0 aliphatic carbocycles. The van der Waals surface area contributed by atoms with Gasteiger partial charge in [-0.05, 0) is 51.6 Å². The summed E-state index contributed by atoms with van der Waals surface area (Å²) in [5, 5.41) is 7.93. The highest BCUT2D eigenvalue weighted by Gasteiger charge is 2.31. The van der Waals surface area contributed by atoms with Crippen LogP contribution >= 0.6 is 11.3 Å². The second-order valence-corrected chi connectivity index (χ2v) is 7.47. The maximum absolute atomic E-state index is 12.4. The molecule has 122 valence electrons. The Balaban J connectivity index is 2.08. The lowest BCUT2D eigenvalue weighted by atomic mass is 10.0. The van der Waals surface area contributed by atoms with E-state index in [9.17, 15) is 9.59 Å². The van der Waals surface area contributed by atoms with Gasteiger partial charge in [0.1, 0.15) is 5.60 Å². The zero-order chi connectivity index (χ0) is 16.2. The third-order valence-corrected chi connectivity index (χ3v) is 4.32. The molecule has 0 bridgehead atoms. The van der Waals surface area contributed by atoms with Gasteiger partial charge in [-0.25, -0.2) is 4.79 Å². The lowest BCUT2D eigenvalue weighted by Gasteiger charge is -2.27. The van der Waals surface area contributed by atoms with Gasteiger partial charge in [0, 0.05) is 4.88 Å². The molecule has 0 spiro atoms. The van der Waals surface area contributed by atoms with Gasteiger partial charge in [-0.15, -0.1) is 11.3 Å². The van der Waals surface area contributed by atoms with E-state index in [4.69, 9.17) is 4.74 Å². The Labute approximate surface area is 135 Å². The highest BCUT2D eigenvalue weighted by Crippen LogP contribution is 2.23. The van der Waals surface area contributed by atoms with E-state index in [0.29, 0.717) is 0 Å². The Bertz CT molecular complexity index is 502. The summed E-state index contributed by atoms with van der Waals surface area (Å²) in [7, 11) is 0. The van der Waals surface area contributed by atoms with Gasteiger partial charge in [0.25, 0.3) is 0 Å². The molecule has 0 radical (unpaired) electrons. The molecule has 0 unspecified atom stereocenters. The van der Waals surface area contributed by atoms with Crippen LogP contribution < -0.4 is 10.6 Å². The van der Waals surface area contributed by atoms with E-state index >= 15 is 0 Å². The van der Waals surface area contributed by atoms with Gasteiger partial charge >= 0.3 is 5.97 Å². The Hall–Kier alpha value is -1.40. The van der Waals surface area contributed by atoms with Crippen LogP contribution in [0.1, 0.15) is 51.0 Å². The molecule has 1 aliphatic heterocycles. The number of hydrogen-bond acceptors (Lipinski definition) is 5. The van der Waals surface area contributed by atoms with Crippen molar-refractivity contribution in [2.45, 2.75) is 57.7 Å². The van der Waals surface area contributed by atoms with Gasteiger partial charge in [0.2, 0.25) is 5.91 Å². The van der Waals surface area contributed by atoms with Crippen molar-refractivity contribution in [1.29, 1.82) is 0 Å². The van der Waals surface area contributed by atoms with Crippen LogP contribution in [0.15, 0.2) is 17.5 Å². The number of ether oxygens (including phenoxy) is 1. The number of hydrogen-bond donors (Lipinski definition) is 2. The van der Waals surface area contributed by atoms with E-state index in [1.165, 1.54) is 11.3 Å². The second-order valence-electron chi connectivity index (χ2n) is 6.49. The molecule has 2 N–H and O–H groups in total. The van der Waals surface area contributed by atoms with Crippen LogP contribution in [-0.2, 0) is 14.3 Å². The number of rotatable bonds is 4. The third-order valence-electron chi connectivity index (χ3n) is 3.38. The molecule has 1 aromatic heterocycles. The van der Waals surface area contributed by atoms with Crippen molar-refractivity contribution < 1.29 is 14.3 Å². The summed E-state index contributed by atoms with van der Waals surface area (Å²) in [5.41, 5.74) is -0.583. The minimum atomic E-state index is -0.740. The highest BCUT2D eigenvalue weighted by molar-refractivity contribution is 7.10. The van der Waals surface area contributed by atoms with Crippen molar-refractivity contribution in [3.05, 3.63) is 22.4 Å². The number of amides is 1. The van der Waals surface area contributed by atoms with Crippen LogP contribution in [0.4, 0.5) is 0 Å². The van der Waals surface area contributed by atoms with Crippen molar-refractivity contribution in [3.8, 4) is 0 Å². The topological polar surface area (TPSA) is 67.4 Å². The van der Waals surface area contributed by atoms with E-state index < -0.39 is 17.6 Å². The Morgan fingerprint density at radius 2 is 2.18 bits per heavy atom. The van der Waals surface area contributed by atoms with E-state index in [1.807, 2.05) is 38.3 Å². The van der Waals surface area contributed by atoms with Crippen LogP contribution in [0.5, 0.6) is 0 Å². The summed E-state index contributed by atoms with van der Waals surface area (Å²) in [4.78, 5) is 25.6. The number of nitrogens with one attached hydrogen (secondary N) is 2. The molecule has 0 saturated carbocycles. The fourth-order valence-corrected chi connectivity index (χ4v) is 3.14. The molecule has 1 amide bonds. The SMILES string of the molecule is CC(C)(C)OC(=O)[C@@H](NC(=O)[C@@H]1CCCCN1)c1cccs1. The summed E-state index contributed by atoms with van der Waals surface area (Å²) in [6.07, 6.45) is 2.92. The maximum Gasteiger partial charge on any atom is 0.334 e. The molecular weight excluding hydrogens is 300 g/mol. The smallest absolute Gasteiger partial charge is 0.334 e. The van der Waals surface area contributed by atoms with Gasteiger partial charge < -0.3 is 15.4 Å². The number of carbonyl (C=O) groups excluding carboxylic acids is 2. The van der Waals surface area contributed by atoms with Crippen molar-refractivity contribution in [3.63, 3.8) is 0 Å². The predicted octanol–water partition coefficient (Wildman–Crippen LogP) is 2.39. The van der Waals surface area contributed by atoms with Gasteiger partial charge in [-0.1, -0.05) is 12.5 Å². The molecule has 1 aliphatic rings. The molecule has 22 heavy (non-hydrogen) atoms. The average molecular weight is 324 g/mol. The molecule has 1 fully saturated rings. The molecule has 2 rings (SSSR count). The van der Waals surface area contributed by atoms with Crippen LogP contribution in [0.2, 0.25) is 0 Å². The van der Waals surface area contributed by atoms with Gasteiger partial charge in [-0.3, -0.25) is 4.79 Å². The summed E-state index contributed by atoms with van der Waals surface area (Å²) in [5.74, 6) is -0.553. The zero-order valence-corrected chi connectivity index (χ0v) is 14.2. The number of carbonyl (C=O) groups is 2. The average Bonchev–Trinajstić information content (AvgIpc) is 2.97. The van der Waals surface area contributed by atoms with Crippen molar-refractivity contribution in [2.24, 2.45) is 0 Å². The number of esters is 1. The first-order chi connectivity index (χ1) is 10.4. The Morgan fingerprint density at radius 3 is 2.73 bits per heavy atom. The van der Waals surface area contributed by atoms with Crippen molar-refractivity contribution >= 4 is 23.2 Å².